The van der Waals surface area contributed by atoms with Gasteiger partial charge >= 0.3 is 6.09 Å². The molecule has 2 saturated heterocycles. The number of ether oxygens (including phenoxy) is 1. The van der Waals surface area contributed by atoms with Crippen molar-refractivity contribution < 1.29 is 14.3 Å². The van der Waals surface area contributed by atoms with Gasteiger partial charge in [-0.05, 0) is 57.0 Å². The molecule has 2 amide bonds. The number of amides is 2. The summed E-state index contributed by atoms with van der Waals surface area (Å²) in [6, 6.07) is 4.95. The summed E-state index contributed by atoms with van der Waals surface area (Å²) in [5, 5.41) is 2.86. The third-order valence-corrected chi connectivity index (χ3v) is 5.79. The molecular weight excluding hydrogens is 363 g/mol. The molecule has 2 aliphatic rings. The maximum atomic E-state index is 12.1. The van der Waals surface area contributed by atoms with E-state index in [2.05, 4.69) is 10.2 Å². The first-order chi connectivity index (χ1) is 12.0. The van der Waals surface area contributed by atoms with Gasteiger partial charge in [0.25, 0.3) is 5.91 Å². The first-order valence-corrected chi connectivity index (χ1v) is 9.47. The van der Waals surface area contributed by atoms with Crippen molar-refractivity contribution in [1.82, 2.24) is 10.2 Å². The largest absolute Gasteiger partial charge is 0.449 e. The Balaban J connectivity index is 1.50. The van der Waals surface area contributed by atoms with Crippen LogP contribution in [-0.2, 0) is 4.74 Å². The van der Waals surface area contributed by atoms with Crippen LogP contribution >= 0.6 is 23.2 Å². The van der Waals surface area contributed by atoms with Gasteiger partial charge in [0.15, 0.2) is 0 Å². The van der Waals surface area contributed by atoms with E-state index < -0.39 is 12.0 Å². The van der Waals surface area contributed by atoms with Crippen LogP contribution in [0.4, 0.5) is 4.79 Å². The summed E-state index contributed by atoms with van der Waals surface area (Å²) in [6.45, 7) is 2.63. The summed E-state index contributed by atoms with van der Waals surface area (Å²) in [5.41, 5.74) is 0.266. The minimum Gasteiger partial charge on any atom is -0.449 e. The molecule has 0 spiro atoms. The second kappa shape index (κ2) is 8.39. The molecule has 2 heterocycles. The second-order valence-electron chi connectivity index (χ2n) is 6.68. The van der Waals surface area contributed by atoms with Gasteiger partial charge < -0.3 is 4.74 Å². The Labute approximate surface area is 157 Å². The van der Waals surface area contributed by atoms with Gasteiger partial charge in [0.05, 0.1) is 16.7 Å². The van der Waals surface area contributed by atoms with Crippen LogP contribution < -0.4 is 5.32 Å². The van der Waals surface area contributed by atoms with Gasteiger partial charge in [-0.15, -0.1) is 0 Å². The fraction of sp³-hybridized carbons (Fsp3) is 0.556. The number of carbonyl (C=O) groups is 2. The van der Waals surface area contributed by atoms with Crippen LogP contribution in [0.1, 0.15) is 42.5 Å². The zero-order valence-electron chi connectivity index (χ0n) is 14.0. The summed E-state index contributed by atoms with van der Waals surface area (Å²) >= 11 is 11.7. The summed E-state index contributed by atoms with van der Waals surface area (Å²) in [4.78, 5) is 26.5. The van der Waals surface area contributed by atoms with E-state index >= 15 is 0 Å². The fourth-order valence-electron chi connectivity index (χ4n) is 3.79. The van der Waals surface area contributed by atoms with E-state index in [0.29, 0.717) is 23.6 Å². The number of hydrogen-bond acceptors (Lipinski definition) is 4. The number of nitrogens with zero attached hydrogens (tertiary/aromatic N) is 1. The number of halogens is 2. The van der Waals surface area contributed by atoms with E-state index in [1.54, 1.807) is 0 Å². The van der Waals surface area contributed by atoms with Crippen molar-refractivity contribution in [2.24, 2.45) is 5.92 Å². The number of alkyl carbamates (subject to hydrolysis) is 1. The highest BCUT2D eigenvalue weighted by Gasteiger charge is 2.33. The van der Waals surface area contributed by atoms with E-state index in [1.807, 2.05) is 0 Å². The number of rotatable bonds is 3. The topological polar surface area (TPSA) is 58.6 Å². The van der Waals surface area contributed by atoms with Gasteiger partial charge in [-0.3, -0.25) is 15.0 Å². The standard InChI is InChI=1S/C18H22Cl2N2O3/c19-14-7-6-12(10-15(14)20)17(23)21-18(24)25-11-13-4-3-9-22-8-2-1-5-16(13)22/h6-7,10,13,16H,1-5,8-9,11H2,(H,21,23,24)/t13-,16-/m1/s1. The van der Waals surface area contributed by atoms with Crippen molar-refractivity contribution in [3.63, 3.8) is 0 Å². The molecule has 7 heteroatoms. The number of carbonyl (C=O) groups excluding carboxylic acids is 2. The first-order valence-electron chi connectivity index (χ1n) is 8.72. The molecule has 2 atom stereocenters. The van der Waals surface area contributed by atoms with Gasteiger partial charge in [0.1, 0.15) is 0 Å². The maximum absolute atomic E-state index is 12.1. The molecule has 1 N–H and O–H groups in total. The highest BCUT2D eigenvalue weighted by atomic mass is 35.5. The summed E-state index contributed by atoms with van der Waals surface area (Å²) in [6.07, 6.45) is 5.13. The summed E-state index contributed by atoms with van der Waals surface area (Å²) < 4.78 is 5.32. The van der Waals surface area contributed by atoms with Gasteiger partial charge in [-0.1, -0.05) is 29.6 Å². The lowest BCUT2D eigenvalue weighted by molar-refractivity contribution is 0.0235. The van der Waals surface area contributed by atoms with Crippen LogP contribution in [0.5, 0.6) is 0 Å². The lowest BCUT2D eigenvalue weighted by atomic mass is 9.84. The maximum Gasteiger partial charge on any atom is 0.414 e. The Morgan fingerprint density at radius 2 is 1.92 bits per heavy atom. The summed E-state index contributed by atoms with van der Waals surface area (Å²) in [5.74, 6) is -0.202. The summed E-state index contributed by atoms with van der Waals surface area (Å²) in [7, 11) is 0. The molecule has 136 valence electrons. The Bertz CT molecular complexity index is 651. The molecular formula is C18H22Cl2N2O3. The molecule has 3 rings (SSSR count). The molecule has 0 aliphatic carbocycles. The molecule has 1 aromatic carbocycles. The molecule has 2 fully saturated rings. The molecule has 5 nitrogen and oxygen atoms in total. The lowest BCUT2D eigenvalue weighted by Gasteiger charge is -2.44. The van der Waals surface area contributed by atoms with Crippen molar-refractivity contribution >= 4 is 35.2 Å². The lowest BCUT2D eigenvalue weighted by Crippen LogP contribution is -2.49. The van der Waals surface area contributed by atoms with Crippen LogP contribution in [0, 0.1) is 5.92 Å². The van der Waals surface area contributed by atoms with Crippen molar-refractivity contribution in [1.29, 1.82) is 0 Å². The van der Waals surface area contributed by atoms with E-state index in [4.69, 9.17) is 27.9 Å². The van der Waals surface area contributed by atoms with Crippen molar-refractivity contribution in [2.45, 2.75) is 38.1 Å². The molecule has 0 radical (unpaired) electrons. The third kappa shape index (κ3) is 4.66. The molecule has 25 heavy (non-hydrogen) atoms. The third-order valence-electron chi connectivity index (χ3n) is 5.05. The van der Waals surface area contributed by atoms with Gasteiger partial charge in [0.2, 0.25) is 0 Å². The highest BCUT2D eigenvalue weighted by molar-refractivity contribution is 6.42. The van der Waals surface area contributed by atoms with E-state index in [-0.39, 0.29) is 10.6 Å². The quantitative estimate of drug-likeness (QED) is 0.850. The second-order valence-corrected chi connectivity index (χ2v) is 7.50. The van der Waals surface area contributed by atoms with Gasteiger partial charge in [-0.2, -0.15) is 0 Å². The average molecular weight is 385 g/mol. The molecule has 1 aromatic rings. The normalized spacial score (nSPS) is 23.6. The van der Waals surface area contributed by atoms with E-state index in [1.165, 1.54) is 31.0 Å². The van der Waals surface area contributed by atoms with E-state index in [0.717, 1.165) is 32.4 Å². The van der Waals surface area contributed by atoms with Crippen molar-refractivity contribution in [3.05, 3.63) is 33.8 Å². The predicted octanol–water partition coefficient (Wildman–Crippen LogP) is 4.12. The van der Waals surface area contributed by atoms with E-state index in [9.17, 15) is 9.59 Å². The van der Waals surface area contributed by atoms with Gasteiger partial charge in [-0.25, -0.2) is 4.79 Å². The predicted molar refractivity (Wildman–Crippen MR) is 97.2 cm³/mol. The molecule has 2 aliphatic heterocycles. The number of piperidine rings is 2. The van der Waals surface area contributed by atoms with Crippen molar-refractivity contribution in [2.75, 3.05) is 19.7 Å². The number of imide groups is 1. The zero-order chi connectivity index (χ0) is 17.8. The van der Waals surface area contributed by atoms with Crippen LogP contribution in [0.2, 0.25) is 10.0 Å². The fourth-order valence-corrected chi connectivity index (χ4v) is 4.09. The number of hydrogen-bond donors (Lipinski definition) is 1. The van der Waals surface area contributed by atoms with Crippen LogP contribution in [-0.4, -0.2) is 42.6 Å². The zero-order valence-corrected chi connectivity index (χ0v) is 15.5. The molecule has 0 aromatic heterocycles. The Kier molecular flexibility index (Phi) is 6.20. The Morgan fingerprint density at radius 3 is 2.72 bits per heavy atom. The number of nitrogens with one attached hydrogen (secondary N) is 1. The molecule has 0 saturated carbocycles. The molecule has 0 bridgehead atoms. The Morgan fingerprint density at radius 1 is 1.12 bits per heavy atom. The number of benzene rings is 1. The Hall–Kier alpha value is -1.30. The highest BCUT2D eigenvalue weighted by Crippen LogP contribution is 2.31. The SMILES string of the molecule is O=C(NC(=O)c1ccc(Cl)c(Cl)c1)OC[C@H]1CCCN2CCCC[C@H]12. The molecule has 0 unspecified atom stereocenters. The van der Waals surface area contributed by atoms with Gasteiger partial charge in [0, 0.05) is 17.5 Å². The monoisotopic (exact) mass is 384 g/mol. The van der Waals surface area contributed by atoms with Crippen LogP contribution in [0.3, 0.4) is 0 Å². The number of fused-ring (bicyclic) bond motifs is 1. The van der Waals surface area contributed by atoms with Crippen LogP contribution in [0.25, 0.3) is 0 Å². The van der Waals surface area contributed by atoms with Crippen molar-refractivity contribution in [3.8, 4) is 0 Å². The minimum absolute atomic E-state index is 0.266. The average Bonchev–Trinajstić information content (AvgIpc) is 2.62. The van der Waals surface area contributed by atoms with Crippen LogP contribution in [0.15, 0.2) is 18.2 Å². The first kappa shape index (κ1) is 18.5. The smallest absolute Gasteiger partial charge is 0.414 e. The minimum atomic E-state index is -0.719.